The van der Waals surface area contributed by atoms with Crippen LogP contribution in [0.5, 0.6) is 0 Å². The predicted molar refractivity (Wildman–Crippen MR) is 97.8 cm³/mol. The number of hydrogen-bond acceptors (Lipinski definition) is 3. The van der Waals surface area contributed by atoms with E-state index in [0.29, 0.717) is 0 Å². The summed E-state index contributed by atoms with van der Waals surface area (Å²) in [4.78, 5) is 13.6. The van der Waals surface area contributed by atoms with Gasteiger partial charge in [-0.3, -0.25) is 4.79 Å². The molecule has 3 aromatic rings. The molecule has 0 aliphatic carbocycles. The molecule has 3 rings (SSSR count). The Morgan fingerprint density at radius 3 is 2.56 bits per heavy atom. The summed E-state index contributed by atoms with van der Waals surface area (Å²) in [6, 6.07) is 16.7. The second-order valence-electron chi connectivity index (χ2n) is 5.29. The SMILES string of the molecule is O=C(CSc1ccc(F)cc1F)NC(c1ccccc1)c1cccs1. The Morgan fingerprint density at radius 2 is 1.88 bits per heavy atom. The fraction of sp³-hybridized carbons (Fsp3) is 0.105. The highest BCUT2D eigenvalue weighted by Gasteiger charge is 2.18. The van der Waals surface area contributed by atoms with Crippen LogP contribution in [0.4, 0.5) is 8.78 Å². The van der Waals surface area contributed by atoms with Crippen LogP contribution < -0.4 is 5.32 Å². The van der Waals surface area contributed by atoms with E-state index in [1.165, 1.54) is 12.1 Å². The molecule has 0 bridgehead atoms. The molecule has 25 heavy (non-hydrogen) atoms. The molecular weight excluding hydrogens is 360 g/mol. The highest BCUT2D eigenvalue weighted by atomic mass is 32.2. The van der Waals surface area contributed by atoms with Crippen molar-refractivity contribution < 1.29 is 13.6 Å². The van der Waals surface area contributed by atoms with Crippen LogP contribution in [0.15, 0.2) is 70.9 Å². The largest absolute Gasteiger partial charge is 0.344 e. The Hall–Kier alpha value is -2.18. The molecule has 2 aromatic carbocycles. The Bertz CT molecular complexity index is 838. The lowest BCUT2D eigenvalue weighted by molar-refractivity contribution is -0.119. The van der Waals surface area contributed by atoms with Gasteiger partial charge in [0.05, 0.1) is 11.8 Å². The van der Waals surface area contributed by atoms with Crippen molar-refractivity contribution in [3.05, 3.63) is 88.1 Å². The van der Waals surface area contributed by atoms with Crippen molar-refractivity contribution in [3.63, 3.8) is 0 Å². The fourth-order valence-corrected chi connectivity index (χ4v) is 3.89. The number of benzene rings is 2. The Balaban J connectivity index is 1.68. The predicted octanol–water partition coefficient (Wildman–Crippen LogP) is 5.02. The maximum Gasteiger partial charge on any atom is 0.231 e. The summed E-state index contributed by atoms with van der Waals surface area (Å²) in [6.45, 7) is 0. The first kappa shape index (κ1) is 17.6. The minimum Gasteiger partial charge on any atom is -0.344 e. The van der Waals surface area contributed by atoms with Gasteiger partial charge in [0.15, 0.2) is 0 Å². The van der Waals surface area contributed by atoms with E-state index in [1.54, 1.807) is 11.3 Å². The van der Waals surface area contributed by atoms with Gasteiger partial charge in [-0.2, -0.15) is 0 Å². The number of rotatable bonds is 6. The Morgan fingerprint density at radius 1 is 1.08 bits per heavy atom. The van der Waals surface area contributed by atoms with Gasteiger partial charge in [0.1, 0.15) is 11.6 Å². The molecule has 1 aromatic heterocycles. The Labute approximate surface area is 152 Å². The second-order valence-corrected chi connectivity index (χ2v) is 7.29. The summed E-state index contributed by atoms with van der Waals surface area (Å²) >= 11 is 2.61. The van der Waals surface area contributed by atoms with Gasteiger partial charge < -0.3 is 5.32 Å². The zero-order chi connectivity index (χ0) is 17.6. The summed E-state index contributed by atoms with van der Waals surface area (Å²) in [5, 5.41) is 4.95. The minimum atomic E-state index is -0.657. The molecule has 0 saturated heterocycles. The van der Waals surface area contributed by atoms with Gasteiger partial charge in [0.2, 0.25) is 5.91 Å². The van der Waals surface area contributed by atoms with Crippen LogP contribution in [0.2, 0.25) is 0 Å². The van der Waals surface area contributed by atoms with Gasteiger partial charge in [0, 0.05) is 15.8 Å². The average molecular weight is 375 g/mol. The van der Waals surface area contributed by atoms with Crippen LogP contribution in [0.25, 0.3) is 0 Å². The molecule has 0 spiro atoms. The number of carbonyl (C=O) groups is 1. The molecule has 6 heteroatoms. The molecule has 1 unspecified atom stereocenters. The zero-order valence-corrected chi connectivity index (χ0v) is 14.7. The lowest BCUT2D eigenvalue weighted by Gasteiger charge is -2.18. The molecule has 0 radical (unpaired) electrons. The third kappa shape index (κ3) is 4.67. The normalized spacial score (nSPS) is 11.9. The van der Waals surface area contributed by atoms with Crippen molar-refractivity contribution in [2.75, 3.05) is 5.75 Å². The molecule has 0 aliphatic rings. The smallest absolute Gasteiger partial charge is 0.231 e. The van der Waals surface area contributed by atoms with Crippen molar-refractivity contribution >= 4 is 29.0 Å². The topological polar surface area (TPSA) is 29.1 Å². The van der Waals surface area contributed by atoms with Gasteiger partial charge in [-0.1, -0.05) is 36.4 Å². The van der Waals surface area contributed by atoms with E-state index in [9.17, 15) is 13.6 Å². The van der Waals surface area contributed by atoms with Crippen LogP contribution in [-0.2, 0) is 4.79 Å². The standard InChI is InChI=1S/C19H15F2NOS2/c20-14-8-9-16(15(21)11-14)25-12-18(23)22-19(17-7-4-10-24-17)13-5-2-1-3-6-13/h1-11,19H,12H2,(H,22,23). The number of halogens is 2. The Kier molecular flexibility index (Phi) is 5.83. The molecular formula is C19H15F2NOS2. The summed E-state index contributed by atoms with van der Waals surface area (Å²) in [6.07, 6.45) is 0. The number of hydrogen-bond donors (Lipinski definition) is 1. The van der Waals surface area contributed by atoms with Gasteiger partial charge in [-0.25, -0.2) is 8.78 Å². The molecule has 0 aliphatic heterocycles. The van der Waals surface area contributed by atoms with Crippen LogP contribution in [-0.4, -0.2) is 11.7 Å². The van der Waals surface area contributed by atoms with Crippen molar-refractivity contribution in [1.29, 1.82) is 0 Å². The maximum atomic E-state index is 13.7. The van der Waals surface area contributed by atoms with Crippen LogP contribution in [0, 0.1) is 11.6 Å². The van der Waals surface area contributed by atoms with Crippen LogP contribution in [0.1, 0.15) is 16.5 Å². The monoisotopic (exact) mass is 375 g/mol. The van der Waals surface area contributed by atoms with E-state index in [4.69, 9.17) is 0 Å². The number of nitrogens with one attached hydrogen (secondary N) is 1. The molecule has 1 atom stereocenters. The number of thiophene rings is 1. The highest BCUT2D eigenvalue weighted by molar-refractivity contribution is 8.00. The molecule has 1 heterocycles. The first-order valence-corrected chi connectivity index (χ1v) is 9.45. The van der Waals surface area contributed by atoms with E-state index >= 15 is 0 Å². The summed E-state index contributed by atoms with van der Waals surface area (Å²) in [5.74, 6) is -1.45. The van der Waals surface area contributed by atoms with Crippen molar-refractivity contribution in [2.45, 2.75) is 10.9 Å². The average Bonchev–Trinajstić information content (AvgIpc) is 3.14. The highest BCUT2D eigenvalue weighted by Crippen LogP contribution is 2.27. The summed E-state index contributed by atoms with van der Waals surface area (Å²) in [7, 11) is 0. The van der Waals surface area contributed by atoms with Gasteiger partial charge >= 0.3 is 0 Å². The van der Waals surface area contributed by atoms with Crippen molar-refractivity contribution in [3.8, 4) is 0 Å². The molecule has 2 nitrogen and oxygen atoms in total. The minimum absolute atomic E-state index is 0.0528. The van der Waals surface area contributed by atoms with E-state index < -0.39 is 11.6 Å². The molecule has 0 saturated carbocycles. The number of amides is 1. The van der Waals surface area contributed by atoms with Crippen molar-refractivity contribution in [1.82, 2.24) is 5.32 Å². The third-order valence-electron chi connectivity index (χ3n) is 3.52. The number of carbonyl (C=O) groups excluding carboxylic acids is 1. The van der Waals surface area contributed by atoms with E-state index in [0.717, 1.165) is 28.3 Å². The lowest BCUT2D eigenvalue weighted by Crippen LogP contribution is -2.30. The quantitative estimate of drug-likeness (QED) is 0.613. The fourth-order valence-electron chi connectivity index (χ4n) is 2.36. The first-order chi connectivity index (χ1) is 12.1. The second kappa shape index (κ2) is 8.27. The lowest BCUT2D eigenvalue weighted by atomic mass is 10.1. The molecule has 1 amide bonds. The van der Waals surface area contributed by atoms with Gasteiger partial charge in [0.25, 0.3) is 0 Å². The molecule has 0 fully saturated rings. The van der Waals surface area contributed by atoms with E-state index in [-0.39, 0.29) is 22.6 Å². The third-order valence-corrected chi connectivity index (χ3v) is 5.50. The van der Waals surface area contributed by atoms with Crippen LogP contribution >= 0.6 is 23.1 Å². The van der Waals surface area contributed by atoms with Gasteiger partial charge in [-0.05, 0) is 29.1 Å². The first-order valence-electron chi connectivity index (χ1n) is 7.59. The maximum absolute atomic E-state index is 13.7. The van der Waals surface area contributed by atoms with E-state index in [1.807, 2.05) is 47.8 Å². The zero-order valence-electron chi connectivity index (χ0n) is 13.1. The van der Waals surface area contributed by atoms with E-state index in [2.05, 4.69) is 5.32 Å². The number of thioether (sulfide) groups is 1. The summed E-state index contributed by atoms with van der Waals surface area (Å²) in [5.41, 5.74) is 0.983. The summed E-state index contributed by atoms with van der Waals surface area (Å²) < 4.78 is 26.6. The molecule has 128 valence electrons. The van der Waals surface area contributed by atoms with Crippen molar-refractivity contribution in [2.24, 2.45) is 0 Å². The molecule has 1 N–H and O–H groups in total. The van der Waals surface area contributed by atoms with Gasteiger partial charge in [-0.15, -0.1) is 23.1 Å². The van der Waals surface area contributed by atoms with Crippen LogP contribution in [0.3, 0.4) is 0 Å².